The van der Waals surface area contributed by atoms with Crippen LogP contribution in [-0.4, -0.2) is 114 Å². The standard InChI is InChI=1S/C29H38FN5O5/c1-19-13-33(25(15-34(19)29(37)38)14-32-8-9-39-17-20(32)2)16-27(36)35-21(3)18-40-28-26(35)11-23(12-31-28)10-22-4-6-24(30)7-5-22/h4-7,11-12,19-21,25H,8-10,13-18H2,1-3H3,(H,37,38)/t19?,20-,21?,25?/m1/s1. The summed E-state index contributed by atoms with van der Waals surface area (Å²) >= 11 is 0. The lowest BCUT2D eigenvalue weighted by molar-refractivity contribution is -0.122. The first-order valence-corrected chi connectivity index (χ1v) is 13.9. The third kappa shape index (κ3) is 6.21. The molecule has 11 heteroatoms. The van der Waals surface area contributed by atoms with E-state index in [2.05, 4.69) is 21.7 Å². The number of ether oxygens (including phenoxy) is 2. The van der Waals surface area contributed by atoms with Crippen molar-refractivity contribution in [3.8, 4) is 5.88 Å². The summed E-state index contributed by atoms with van der Waals surface area (Å²) in [6.45, 7) is 9.97. The number of amides is 2. The van der Waals surface area contributed by atoms with Crippen LogP contribution in [0.4, 0.5) is 14.9 Å². The molecule has 0 radical (unpaired) electrons. The Balaban J connectivity index is 1.36. The van der Waals surface area contributed by atoms with Crippen molar-refractivity contribution >= 4 is 17.7 Å². The van der Waals surface area contributed by atoms with Crippen molar-refractivity contribution in [2.45, 2.75) is 51.4 Å². The Morgan fingerprint density at radius 2 is 1.80 bits per heavy atom. The summed E-state index contributed by atoms with van der Waals surface area (Å²) in [6.07, 6.45) is 1.34. The first-order valence-electron chi connectivity index (χ1n) is 13.9. The molecule has 3 aliphatic heterocycles. The highest BCUT2D eigenvalue weighted by molar-refractivity contribution is 5.97. The maximum Gasteiger partial charge on any atom is 0.407 e. The summed E-state index contributed by atoms with van der Waals surface area (Å²) in [5, 5.41) is 9.80. The molecule has 40 heavy (non-hydrogen) atoms. The minimum Gasteiger partial charge on any atom is -0.474 e. The molecule has 3 unspecified atom stereocenters. The zero-order valence-electron chi connectivity index (χ0n) is 23.3. The maximum atomic E-state index is 14.0. The second kappa shape index (κ2) is 12.1. The van der Waals surface area contributed by atoms with Gasteiger partial charge in [0.05, 0.1) is 25.8 Å². The Labute approximate surface area is 234 Å². The van der Waals surface area contributed by atoms with Crippen LogP contribution < -0.4 is 9.64 Å². The van der Waals surface area contributed by atoms with E-state index in [1.807, 2.05) is 19.9 Å². The van der Waals surface area contributed by atoms with E-state index in [4.69, 9.17) is 9.47 Å². The molecule has 1 N–H and O–H groups in total. The fraction of sp³-hybridized carbons (Fsp3) is 0.552. The Hall–Kier alpha value is -3.28. The van der Waals surface area contributed by atoms with Gasteiger partial charge in [-0.15, -0.1) is 0 Å². The largest absolute Gasteiger partial charge is 0.474 e. The highest BCUT2D eigenvalue weighted by Crippen LogP contribution is 2.34. The van der Waals surface area contributed by atoms with Crippen LogP contribution in [0.15, 0.2) is 36.5 Å². The van der Waals surface area contributed by atoms with Gasteiger partial charge in [-0.25, -0.2) is 14.2 Å². The predicted octanol–water partition coefficient (Wildman–Crippen LogP) is 2.70. The molecule has 1 aromatic heterocycles. The summed E-state index contributed by atoms with van der Waals surface area (Å²) in [5.74, 6) is 0.0528. The number of piperazine rings is 1. The molecule has 5 rings (SSSR count). The average molecular weight is 556 g/mol. The zero-order chi connectivity index (χ0) is 28.4. The highest BCUT2D eigenvalue weighted by atomic mass is 19.1. The van der Waals surface area contributed by atoms with Crippen molar-refractivity contribution < 1.29 is 28.6 Å². The van der Waals surface area contributed by atoms with Gasteiger partial charge in [0.15, 0.2) is 0 Å². The number of carbonyl (C=O) groups excluding carboxylic acids is 1. The highest BCUT2D eigenvalue weighted by Gasteiger charge is 2.39. The normalized spacial score (nSPS) is 25.8. The first-order chi connectivity index (χ1) is 19.2. The van der Waals surface area contributed by atoms with Crippen LogP contribution in [0, 0.1) is 5.82 Å². The van der Waals surface area contributed by atoms with Crippen LogP contribution in [0.5, 0.6) is 5.88 Å². The van der Waals surface area contributed by atoms with Gasteiger partial charge in [0, 0.05) is 50.5 Å². The number of morpholine rings is 1. The lowest BCUT2D eigenvalue weighted by atomic mass is 10.0. The second-order valence-corrected chi connectivity index (χ2v) is 11.2. The van der Waals surface area contributed by atoms with Gasteiger partial charge in [0.25, 0.3) is 0 Å². The summed E-state index contributed by atoms with van der Waals surface area (Å²) in [4.78, 5) is 38.1. The third-order valence-electron chi connectivity index (χ3n) is 8.13. The molecule has 0 bridgehead atoms. The number of aromatic nitrogens is 1. The van der Waals surface area contributed by atoms with Gasteiger partial charge in [0.2, 0.25) is 11.8 Å². The fourth-order valence-corrected chi connectivity index (χ4v) is 5.89. The van der Waals surface area contributed by atoms with Gasteiger partial charge in [-0.05, 0) is 56.5 Å². The molecule has 0 saturated carbocycles. The van der Waals surface area contributed by atoms with Gasteiger partial charge in [-0.1, -0.05) is 12.1 Å². The number of halogens is 1. The molecule has 2 fully saturated rings. The van der Waals surface area contributed by atoms with E-state index < -0.39 is 6.09 Å². The van der Waals surface area contributed by atoms with E-state index in [1.165, 1.54) is 17.0 Å². The molecule has 0 aliphatic carbocycles. The van der Waals surface area contributed by atoms with Crippen LogP contribution in [0.3, 0.4) is 0 Å². The van der Waals surface area contributed by atoms with E-state index in [-0.39, 0.29) is 42.4 Å². The number of rotatable bonds is 6. The van der Waals surface area contributed by atoms with Gasteiger partial charge in [0.1, 0.15) is 18.1 Å². The van der Waals surface area contributed by atoms with Crippen LogP contribution >= 0.6 is 0 Å². The molecule has 0 spiro atoms. The molecule has 1 aromatic carbocycles. The lowest BCUT2D eigenvalue weighted by Crippen LogP contribution is -2.64. The monoisotopic (exact) mass is 555 g/mol. The number of benzene rings is 1. The molecule has 4 atom stereocenters. The molecule has 3 aliphatic rings. The molecule has 2 amide bonds. The van der Waals surface area contributed by atoms with Crippen molar-refractivity contribution in [3.05, 3.63) is 53.5 Å². The van der Waals surface area contributed by atoms with Gasteiger partial charge in [-0.3, -0.25) is 14.6 Å². The number of anilines is 1. The van der Waals surface area contributed by atoms with E-state index in [1.54, 1.807) is 23.2 Å². The minimum absolute atomic E-state index is 0.0752. The number of pyridine rings is 1. The van der Waals surface area contributed by atoms with E-state index >= 15 is 0 Å². The van der Waals surface area contributed by atoms with Crippen LogP contribution in [-0.2, 0) is 16.0 Å². The van der Waals surface area contributed by atoms with Crippen LogP contribution in [0.2, 0.25) is 0 Å². The molecule has 2 saturated heterocycles. The molecular weight excluding hydrogens is 517 g/mol. The lowest BCUT2D eigenvalue weighted by Gasteiger charge is -2.47. The third-order valence-corrected chi connectivity index (χ3v) is 8.13. The van der Waals surface area contributed by atoms with Crippen LogP contribution in [0.25, 0.3) is 0 Å². The maximum absolute atomic E-state index is 14.0. The number of fused-ring (bicyclic) bond motifs is 1. The summed E-state index contributed by atoms with van der Waals surface area (Å²) in [6, 6.07) is 7.94. The van der Waals surface area contributed by atoms with E-state index in [0.717, 1.165) is 17.7 Å². The van der Waals surface area contributed by atoms with E-state index in [9.17, 15) is 19.1 Å². The first kappa shape index (κ1) is 28.3. The van der Waals surface area contributed by atoms with Crippen molar-refractivity contribution in [2.75, 3.05) is 57.4 Å². The van der Waals surface area contributed by atoms with Crippen molar-refractivity contribution in [3.63, 3.8) is 0 Å². The zero-order valence-corrected chi connectivity index (χ0v) is 23.3. The fourth-order valence-electron chi connectivity index (χ4n) is 5.89. The predicted molar refractivity (Wildman–Crippen MR) is 147 cm³/mol. The topological polar surface area (TPSA) is 98.7 Å². The number of hydrogen-bond donors (Lipinski definition) is 1. The number of carbonyl (C=O) groups is 2. The SMILES string of the molecule is CC1CN(CC(=O)N2c3cc(Cc4ccc(F)cc4)cnc3OCC2C)C(CN2CCOC[C@H]2C)CN1C(=O)O. The summed E-state index contributed by atoms with van der Waals surface area (Å²) in [5.41, 5.74) is 2.46. The molecule has 10 nitrogen and oxygen atoms in total. The Morgan fingerprint density at radius 3 is 2.52 bits per heavy atom. The molecule has 2 aromatic rings. The number of nitrogens with zero attached hydrogens (tertiary/aromatic N) is 5. The smallest absolute Gasteiger partial charge is 0.407 e. The second-order valence-electron chi connectivity index (χ2n) is 11.2. The molecule has 216 valence electrons. The summed E-state index contributed by atoms with van der Waals surface area (Å²) < 4.78 is 24.8. The number of hydrogen-bond acceptors (Lipinski definition) is 7. The number of carboxylic acid groups (broad SMARTS) is 1. The summed E-state index contributed by atoms with van der Waals surface area (Å²) in [7, 11) is 0. The van der Waals surface area contributed by atoms with Gasteiger partial charge >= 0.3 is 6.09 Å². The van der Waals surface area contributed by atoms with Crippen LogP contribution in [0.1, 0.15) is 31.9 Å². The quantitative estimate of drug-likeness (QED) is 0.581. The molecule has 4 heterocycles. The Morgan fingerprint density at radius 1 is 1.02 bits per heavy atom. The van der Waals surface area contributed by atoms with Gasteiger partial charge < -0.3 is 24.4 Å². The Bertz CT molecular complexity index is 1210. The van der Waals surface area contributed by atoms with Crippen molar-refractivity contribution in [1.29, 1.82) is 0 Å². The average Bonchev–Trinajstić information content (AvgIpc) is 2.92. The van der Waals surface area contributed by atoms with Crippen molar-refractivity contribution in [2.24, 2.45) is 0 Å². The van der Waals surface area contributed by atoms with Gasteiger partial charge in [-0.2, -0.15) is 0 Å². The molecular formula is C29H38FN5O5. The minimum atomic E-state index is -0.936. The van der Waals surface area contributed by atoms with E-state index in [0.29, 0.717) is 57.4 Å². The Kier molecular flexibility index (Phi) is 8.53. The van der Waals surface area contributed by atoms with Crippen molar-refractivity contribution in [1.82, 2.24) is 19.7 Å².